The Bertz CT molecular complexity index is 4520. The van der Waals surface area contributed by atoms with Crippen LogP contribution in [0.2, 0.25) is 0 Å². The average molecular weight is 1710 g/mol. The van der Waals surface area contributed by atoms with Crippen molar-refractivity contribution in [3.05, 3.63) is 72.1 Å². The molecule has 5 aliphatic heterocycles. The van der Waals surface area contributed by atoms with E-state index in [9.17, 15) is 77.3 Å². The van der Waals surface area contributed by atoms with E-state index in [1.807, 2.05) is 0 Å². The van der Waals surface area contributed by atoms with Gasteiger partial charge in [0.15, 0.2) is 19.4 Å². The van der Waals surface area contributed by atoms with Gasteiger partial charge in [0.2, 0.25) is 94.5 Å². The first-order chi connectivity index (χ1) is 57.0. The minimum absolute atomic E-state index is 0.0188. The summed E-state index contributed by atoms with van der Waals surface area (Å²) in [5.41, 5.74) is 13.5. The number of nitrogens with zero attached hydrogens (tertiary/aromatic N) is 5. The molecule has 0 radical (unpaired) electrons. The molecule has 7 heterocycles. The summed E-state index contributed by atoms with van der Waals surface area (Å²) in [5.74, 6) is -21.0. The number of fused-ring (bicyclic) bond motifs is 8. The van der Waals surface area contributed by atoms with Crippen LogP contribution in [0.5, 0.6) is 0 Å². The van der Waals surface area contributed by atoms with Gasteiger partial charge in [0.25, 0.3) is 5.91 Å². The number of nitrogens with two attached hydrogens (primary N) is 2. The first-order valence-corrected chi connectivity index (χ1v) is 42.0. The average Bonchev–Trinajstić information content (AvgIpc) is 1.55. The molecular weight excluding hydrogens is 1600 g/mol. The number of aromatic amines is 2. The van der Waals surface area contributed by atoms with Gasteiger partial charge in [-0.25, -0.2) is 0 Å². The van der Waals surface area contributed by atoms with Crippen molar-refractivity contribution in [2.24, 2.45) is 23.3 Å². The Balaban J connectivity index is 1.16. The number of H-pyrrole nitrogens is 2. The number of para-hydroxylation sites is 2. The molecule has 4 aromatic rings. The van der Waals surface area contributed by atoms with E-state index in [2.05, 4.69) is 68.5 Å². The second-order valence-electron chi connectivity index (χ2n) is 31.1. The van der Waals surface area contributed by atoms with Crippen molar-refractivity contribution in [1.82, 2.24) is 93.1 Å². The third-order valence-corrected chi connectivity index (χ3v) is 23.5. The minimum Gasteiger partial charge on any atom is -0.481 e. The Morgan fingerprint density at radius 1 is 0.625 bits per heavy atom. The fourth-order valence-corrected chi connectivity index (χ4v) is 16.7. The number of benzene rings is 2. The maximum absolute atomic E-state index is 16.2. The smallest absolute Gasteiger partial charge is 0.305 e. The van der Waals surface area contributed by atoms with Gasteiger partial charge >= 0.3 is 5.97 Å². The van der Waals surface area contributed by atoms with E-state index < -0.39 is 253 Å². The molecule has 43 heteroatoms. The Hall–Kier alpha value is -11.4. The van der Waals surface area contributed by atoms with Crippen LogP contribution in [-0.2, 0) is 99.1 Å². The molecule has 120 heavy (non-hydrogen) atoms. The normalized spacial score (nSPS) is 26.2. The Kier molecular flexibility index (Phi) is 32.7. The number of amides is 17. The van der Waals surface area contributed by atoms with Crippen molar-refractivity contribution >= 4 is 152 Å². The topological polar surface area (TPSA) is 584 Å². The SMILES string of the molecule is CC(C)[C@@H]1NC(=O)[C@H](Cc2c[nH]c3ccccc23)NC(=O)[C@H](C)NC(=O)[C@@H]2CCC[C@@H](O)[C@H](NC(=O)[C@@H](NC(=O)[C@H](C)NC(=O)CN(C)C(=O)CCN)CSCC(=O)N3CCN4C[NH+](C3)N(C(=O)CNC(=O)[C@H](CC(=O)O)NC1=O)[C@@H](Cc1c[nH]c3ccccc13)C(=O)N[C@@H](C(C)C)C(=O)N1CCC[C@H]1C(=O)N[C@H](C(N)=O)CSCC4=O)C(=O)N2. The lowest BCUT2D eigenvalue weighted by Gasteiger charge is -2.39. The summed E-state index contributed by atoms with van der Waals surface area (Å²) in [6, 6.07) is -5.17. The Morgan fingerprint density at radius 3 is 1.83 bits per heavy atom. The fraction of sp³-hybridized carbons (Fsp3) is 0.558. The number of carboxylic acids is 1. The number of hydrogen-bond acceptors (Lipinski definition) is 22. The number of carboxylic acid groups (broad SMARTS) is 1. The van der Waals surface area contributed by atoms with Crippen LogP contribution < -0.4 is 75.0 Å². The number of thioether (sulfide) groups is 2. The maximum atomic E-state index is 16.2. The molecule has 2 aromatic carbocycles. The van der Waals surface area contributed by atoms with Crippen LogP contribution in [0.3, 0.4) is 0 Å². The number of aromatic nitrogens is 2. The van der Waals surface area contributed by atoms with E-state index in [1.165, 1.54) is 49.4 Å². The second kappa shape index (κ2) is 42.5. The minimum atomic E-state index is -2.05. The van der Waals surface area contributed by atoms with Crippen LogP contribution in [0.1, 0.15) is 97.6 Å². The summed E-state index contributed by atoms with van der Waals surface area (Å²) in [6.07, 6.45) is -0.273. The molecule has 5 fully saturated rings. The van der Waals surface area contributed by atoms with E-state index in [-0.39, 0.29) is 75.5 Å². The summed E-state index contributed by atoms with van der Waals surface area (Å²) >= 11 is 1.62. The molecule has 0 spiro atoms. The highest BCUT2D eigenvalue weighted by Crippen LogP contribution is 2.26. The molecule has 652 valence electrons. The number of aliphatic hydroxyl groups excluding tert-OH is 1. The van der Waals surface area contributed by atoms with Gasteiger partial charge in [-0.05, 0) is 81.0 Å². The van der Waals surface area contributed by atoms with Crippen molar-refractivity contribution in [3.8, 4) is 0 Å². The summed E-state index contributed by atoms with van der Waals surface area (Å²) in [4.78, 5) is 272. The molecule has 14 atom stereocenters. The van der Waals surface area contributed by atoms with Gasteiger partial charge in [-0.2, -0.15) is 10.0 Å². The number of aliphatic carboxylic acids is 1. The molecular formula is C77H108N21O20S2+. The number of hydrogen-bond donors (Lipinski definition) is 18. The molecule has 0 saturated carbocycles. The monoisotopic (exact) mass is 1710 g/mol. The molecule has 17 amide bonds. The standard InChI is InChI=1S/C77H107N21O20S2/c1-39(2)63-75(116)87-51(28-62(105)106)69(110)82-31-59(102)98-55(27-44-30-81-48-17-11-9-15-46(44)48)74(115)91-64(40(3)4)77(118)97-23-13-19-54(97)73(114)88-52(66(79)107)33-119-35-60(103)94-24-25-95(38-96(98)37-94)61(104)36-120-34-53(89-67(108)41(5)83-57(100)32-93(7)58(101)21-22-78)72(113)92-65-56(99)20-12-18-49(85-76(65)117)70(111)84-42(6)68(109)86-50(71(112)90-63)26-43-29-80-47-16-10-8-14-45(43)47/h8-11,14-17,29-30,39-42,49-56,63-65,80-81,99H,12-13,18-28,31-38,78H2,1-7H3,(H2,79,107)(H,82,110)(H,83,100)(H,84,111)(H,85,117)(H,86,109)(H,87,116)(H,88,114)(H,89,108)(H,90,112)(H,91,115)(H,92,113)(H,105,106)/p+1/t41-,42-,49-,50-,51-,52-,53-,54-,55-,56+,63-,64-,65-/m0/s1. The van der Waals surface area contributed by atoms with Crippen LogP contribution in [0, 0.1) is 11.8 Å². The highest BCUT2D eigenvalue weighted by molar-refractivity contribution is 8.00. The van der Waals surface area contributed by atoms with Crippen molar-refractivity contribution in [2.75, 3.05) is 82.7 Å². The number of aliphatic hydroxyl groups is 1. The molecule has 5 saturated heterocycles. The third-order valence-electron chi connectivity index (χ3n) is 21.5. The van der Waals surface area contributed by atoms with E-state index in [4.69, 9.17) is 11.5 Å². The van der Waals surface area contributed by atoms with Gasteiger partial charge < -0.3 is 99.9 Å². The van der Waals surface area contributed by atoms with Gasteiger partial charge in [-0.1, -0.05) is 64.1 Å². The van der Waals surface area contributed by atoms with Crippen molar-refractivity contribution in [3.63, 3.8) is 0 Å². The summed E-state index contributed by atoms with van der Waals surface area (Å²) < 4.78 is 0. The maximum Gasteiger partial charge on any atom is 0.305 e. The predicted octanol–water partition coefficient (Wildman–Crippen LogP) is -6.87. The zero-order chi connectivity index (χ0) is 87.5. The summed E-state index contributed by atoms with van der Waals surface area (Å²) in [5, 5.41) is 52.2. The van der Waals surface area contributed by atoms with Crippen molar-refractivity contribution in [2.45, 2.75) is 178 Å². The third kappa shape index (κ3) is 24.2. The molecule has 1 unspecified atom stereocenters. The molecule has 0 aliphatic carbocycles. The first-order valence-electron chi connectivity index (χ1n) is 39.7. The number of likely N-dealkylation sites (N-methyl/N-ethyl adjacent to an activating group) is 1. The Labute approximate surface area is 699 Å². The van der Waals surface area contributed by atoms with E-state index in [1.54, 1.807) is 74.8 Å². The number of rotatable bonds is 16. The molecule has 5 bridgehead atoms. The van der Waals surface area contributed by atoms with E-state index in [0.717, 1.165) is 33.4 Å². The largest absolute Gasteiger partial charge is 0.481 e. The predicted molar refractivity (Wildman–Crippen MR) is 434 cm³/mol. The summed E-state index contributed by atoms with van der Waals surface area (Å²) in [6.45, 7) is 5.26. The molecule has 20 N–H and O–H groups in total. The zero-order valence-electron chi connectivity index (χ0n) is 67.7. The number of nitrogens with one attached hydrogen (secondary N) is 14. The van der Waals surface area contributed by atoms with Gasteiger partial charge in [0.1, 0.15) is 73.0 Å². The van der Waals surface area contributed by atoms with E-state index in [0.29, 0.717) is 39.4 Å². The van der Waals surface area contributed by atoms with Crippen LogP contribution in [0.15, 0.2) is 60.9 Å². The number of primary amides is 1. The van der Waals surface area contributed by atoms with Crippen molar-refractivity contribution in [1.29, 1.82) is 0 Å². The second-order valence-corrected chi connectivity index (χ2v) is 33.2. The number of quaternary nitrogens is 1. The van der Waals surface area contributed by atoms with Crippen LogP contribution in [0.25, 0.3) is 21.8 Å². The van der Waals surface area contributed by atoms with Crippen LogP contribution in [0.4, 0.5) is 0 Å². The quantitative estimate of drug-likeness (QED) is 0.0496. The Morgan fingerprint density at radius 2 is 1.23 bits per heavy atom. The molecule has 41 nitrogen and oxygen atoms in total. The van der Waals surface area contributed by atoms with Crippen LogP contribution >= 0.6 is 23.5 Å². The fourth-order valence-electron chi connectivity index (χ4n) is 14.7. The van der Waals surface area contributed by atoms with Gasteiger partial charge in [-0.3, -0.25) is 96.1 Å². The molecule has 9 rings (SSSR count). The van der Waals surface area contributed by atoms with Gasteiger partial charge in [0.05, 0.1) is 30.6 Å². The zero-order valence-corrected chi connectivity index (χ0v) is 69.4. The highest BCUT2D eigenvalue weighted by Gasteiger charge is 2.47. The molecule has 5 aliphatic rings. The lowest BCUT2D eigenvalue weighted by atomic mass is 9.97. The first kappa shape index (κ1) is 92.4. The van der Waals surface area contributed by atoms with E-state index >= 15 is 19.2 Å². The molecule has 2 aromatic heterocycles. The number of carbonyl (C=O) groups is 18. The van der Waals surface area contributed by atoms with Gasteiger partial charge in [0, 0.05) is 98.2 Å². The highest BCUT2D eigenvalue weighted by atomic mass is 32.2. The van der Waals surface area contributed by atoms with Gasteiger partial charge in [-0.15, -0.1) is 23.5 Å². The lowest BCUT2D eigenvalue weighted by molar-refractivity contribution is -1.02. The number of carbonyl (C=O) groups excluding carboxylic acids is 17. The lowest BCUT2D eigenvalue weighted by Crippen LogP contribution is -3.22. The summed E-state index contributed by atoms with van der Waals surface area (Å²) in [7, 11) is 1.34. The van der Waals surface area contributed by atoms with Crippen molar-refractivity contribution < 1.29 is 102 Å². The van der Waals surface area contributed by atoms with Crippen LogP contribution in [-0.4, -0.2) is 312 Å².